The number of rotatable bonds is 9. The van der Waals surface area contributed by atoms with Gasteiger partial charge < -0.3 is 26.7 Å². The number of amides is 2. The fourth-order valence-electron chi connectivity index (χ4n) is 4.34. The van der Waals surface area contributed by atoms with Crippen molar-refractivity contribution in [1.82, 2.24) is 20.2 Å². The first-order chi connectivity index (χ1) is 19.2. The van der Waals surface area contributed by atoms with Crippen LogP contribution < -0.4 is 21.4 Å². The molecule has 3 aromatic rings. The average molecular weight is 602 g/mol. The first-order valence-electron chi connectivity index (χ1n) is 12.0. The Morgan fingerprint density at radius 2 is 2.10 bits per heavy atom. The summed E-state index contributed by atoms with van der Waals surface area (Å²) < 4.78 is 1.90. The number of thioether (sulfide) groups is 2. The SMILES string of the molecule is CCO/N=C(\C(=O)NC1C(=O)N2C(C(=O)O)=C(CSc3nc(N)c4ccccc4[n+]3C)CS[C@H]12)c1csc(N)n1. The van der Waals surface area contributed by atoms with Crippen LogP contribution in [0.25, 0.3) is 10.9 Å². The van der Waals surface area contributed by atoms with Gasteiger partial charge in [-0.05, 0) is 41.4 Å². The number of benzene rings is 1. The van der Waals surface area contributed by atoms with Gasteiger partial charge in [0, 0.05) is 16.9 Å². The molecule has 2 aliphatic heterocycles. The van der Waals surface area contributed by atoms with E-state index < -0.39 is 29.2 Å². The summed E-state index contributed by atoms with van der Waals surface area (Å²) in [7, 11) is 1.87. The molecular formula is C24H25N8O5S3+. The monoisotopic (exact) mass is 601 g/mol. The Bertz CT molecular complexity index is 1590. The van der Waals surface area contributed by atoms with Crippen LogP contribution >= 0.6 is 34.9 Å². The molecule has 0 radical (unpaired) electrons. The number of nitrogen functional groups attached to an aromatic ring is 2. The number of hydrogen-bond acceptors (Lipinski definition) is 12. The number of anilines is 2. The lowest BCUT2D eigenvalue weighted by Gasteiger charge is -2.49. The second-order valence-corrected chi connectivity index (χ2v) is 11.6. The van der Waals surface area contributed by atoms with E-state index in [4.69, 9.17) is 16.3 Å². The summed E-state index contributed by atoms with van der Waals surface area (Å²) in [4.78, 5) is 53.3. The number of thiazole rings is 1. The predicted molar refractivity (Wildman–Crippen MR) is 152 cm³/mol. The van der Waals surface area contributed by atoms with E-state index in [0.29, 0.717) is 22.3 Å². The van der Waals surface area contributed by atoms with Gasteiger partial charge in [0.25, 0.3) is 17.6 Å². The van der Waals surface area contributed by atoms with Crippen LogP contribution in [-0.4, -0.2) is 73.0 Å². The van der Waals surface area contributed by atoms with E-state index in [2.05, 4.69) is 20.4 Å². The molecule has 2 aliphatic rings. The number of carbonyl (C=O) groups is 3. The molecule has 4 heterocycles. The summed E-state index contributed by atoms with van der Waals surface area (Å²) in [6.45, 7) is 1.93. The summed E-state index contributed by atoms with van der Waals surface area (Å²) in [5.74, 6) is -1.40. The number of carboxylic acid groups (broad SMARTS) is 1. The van der Waals surface area contributed by atoms with Crippen molar-refractivity contribution < 1.29 is 28.9 Å². The summed E-state index contributed by atoms with van der Waals surface area (Å²) in [6, 6.07) is 6.67. The van der Waals surface area contributed by atoms with E-state index in [0.717, 1.165) is 22.2 Å². The number of nitrogens with one attached hydrogen (secondary N) is 1. The van der Waals surface area contributed by atoms with E-state index in [1.54, 1.807) is 12.3 Å². The number of fused-ring (bicyclic) bond motifs is 2. The number of β-lactam (4-membered cyclic amide) rings is 1. The highest BCUT2D eigenvalue weighted by atomic mass is 32.2. The molecular weight excluding hydrogens is 577 g/mol. The van der Waals surface area contributed by atoms with Gasteiger partial charge in [0.15, 0.2) is 10.8 Å². The normalized spacial score (nSPS) is 18.9. The summed E-state index contributed by atoms with van der Waals surface area (Å²) in [6.07, 6.45) is 0. The van der Waals surface area contributed by atoms with Crippen molar-refractivity contribution >= 4 is 80.2 Å². The van der Waals surface area contributed by atoms with Crippen molar-refractivity contribution in [2.45, 2.75) is 23.5 Å². The van der Waals surface area contributed by atoms with Gasteiger partial charge in [-0.3, -0.25) is 14.5 Å². The van der Waals surface area contributed by atoms with Gasteiger partial charge in [0.1, 0.15) is 34.9 Å². The minimum absolute atomic E-state index is 0.0846. The molecule has 2 aromatic heterocycles. The predicted octanol–water partition coefficient (Wildman–Crippen LogP) is 0.952. The van der Waals surface area contributed by atoms with Crippen LogP contribution in [0.2, 0.25) is 0 Å². The zero-order valence-corrected chi connectivity index (χ0v) is 23.8. The summed E-state index contributed by atoms with van der Waals surface area (Å²) >= 11 is 3.84. The van der Waals surface area contributed by atoms with Crippen molar-refractivity contribution in [2.75, 3.05) is 29.6 Å². The summed E-state index contributed by atoms with van der Waals surface area (Å²) in [5, 5.41) is 19.2. The Balaban J connectivity index is 1.34. The second-order valence-electron chi connectivity index (χ2n) is 8.69. The van der Waals surface area contributed by atoms with Crippen molar-refractivity contribution in [3.8, 4) is 0 Å². The highest BCUT2D eigenvalue weighted by Gasteiger charge is 2.54. The molecule has 1 fully saturated rings. The fraction of sp³-hybridized carbons (Fsp3) is 0.292. The first-order valence-corrected chi connectivity index (χ1v) is 14.9. The molecule has 13 nitrogen and oxygen atoms in total. The lowest BCUT2D eigenvalue weighted by atomic mass is 10.0. The summed E-state index contributed by atoms with van der Waals surface area (Å²) in [5.41, 5.74) is 13.3. The molecule has 5 rings (SSSR count). The smallest absolute Gasteiger partial charge is 0.362 e. The number of para-hydroxylation sites is 1. The van der Waals surface area contributed by atoms with Gasteiger partial charge in [0.2, 0.25) is 0 Å². The number of nitrogens with two attached hydrogens (primary N) is 2. The third-order valence-electron chi connectivity index (χ3n) is 6.22. The van der Waals surface area contributed by atoms with Gasteiger partial charge in [-0.25, -0.2) is 14.3 Å². The zero-order chi connectivity index (χ0) is 28.6. The van der Waals surface area contributed by atoms with E-state index in [1.165, 1.54) is 28.4 Å². The van der Waals surface area contributed by atoms with Crippen LogP contribution in [0, 0.1) is 0 Å². The number of aromatic nitrogens is 3. The van der Waals surface area contributed by atoms with Crippen LogP contribution in [0.15, 0.2) is 51.2 Å². The Morgan fingerprint density at radius 3 is 2.80 bits per heavy atom. The molecule has 1 unspecified atom stereocenters. The molecule has 0 bridgehead atoms. The number of hydrogen-bond donors (Lipinski definition) is 4. The Morgan fingerprint density at radius 1 is 1.32 bits per heavy atom. The maximum absolute atomic E-state index is 13.1. The molecule has 2 atom stereocenters. The van der Waals surface area contributed by atoms with Gasteiger partial charge >= 0.3 is 11.1 Å². The maximum Gasteiger partial charge on any atom is 0.362 e. The Hall–Kier alpha value is -3.89. The standard InChI is InChI=1S/C24H24N8O5S3/c1-3-37-30-15(13-10-39-23(26)27-13)19(33)28-16-20(34)32-17(22(35)36)11(8-38-21(16)32)9-40-24-29-18(25)12-6-4-5-7-14(12)31(24)2/h4-7,10,16,21,25H,3,8-9H2,1-2H3,(H4,26,27,28,33,35,36)/p+1/b30-15-/t16?,21-/m1/s1. The number of oxime groups is 1. The lowest BCUT2D eigenvalue weighted by Crippen LogP contribution is -2.71. The molecule has 0 spiro atoms. The molecule has 1 aromatic carbocycles. The van der Waals surface area contributed by atoms with Crippen LogP contribution in [-0.2, 0) is 26.3 Å². The molecule has 16 heteroatoms. The molecule has 2 amide bonds. The fourth-order valence-corrected chi connectivity index (χ4v) is 7.36. The van der Waals surface area contributed by atoms with Crippen LogP contribution in [0.3, 0.4) is 0 Å². The van der Waals surface area contributed by atoms with Crippen LogP contribution in [0.4, 0.5) is 10.9 Å². The molecule has 6 N–H and O–H groups in total. The maximum atomic E-state index is 13.1. The Labute approximate surface area is 240 Å². The molecule has 208 valence electrons. The highest BCUT2D eigenvalue weighted by molar-refractivity contribution is 8.01. The van der Waals surface area contributed by atoms with E-state index in [-0.39, 0.29) is 34.6 Å². The quantitative estimate of drug-likeness (QED) is 0.0682. The van der Waals surface area contributed by atoms with Crippen LogP contribution in [0.1, 0.15) is 12.6 Å². The minimum atomic E-state index is -1.22. The van der Waals surface area contributed by atoms with Gasteiger partial charge in [0.05, 0.1) is 12.4 Å². The van der Waals surface area contributed by atoms with E-state index >= 15 is 0 Å². The number of carboxylic acids is 1. The van der Waals surface area contributed by atoms with E-state index in [1.807, 2.05) is 35.9 Å². The Kier molecular flexibility index (Phi) is 7.82. The van der Waals surface area contributed by atoms with Gasteiger partial charge in [-0.15, -0.1) is 23.1 Å². The van der Waals surface area contributed by atoms with Gasteiger partial charge in [-0.2, -0.15) is 0 Å². The molecule has 0 aliphatic carbocycles. The topological polar surface area (TPSA) is 190 Å². The number of carbonyl (C=O) groups excluding carboxylic acids is 2. The first kappa shape index (κ1) is 27.7. The van der Waals surface area contributed by atoms with Crippen molar-refractivity contribution in [3.63, 3.8) is 0 Å². The highest BCUT2D eigenvalue weighted by Crippen LogP contribution is 2.41. The number of aryl methyl sites for hydroxylation is 1. The van der Waals surface area contributed by atoms with E-state index in [9.17, 15) is 19.5 Å². The number of aliphatic carboxylic acids is 1. The average Bonchev–Trinajstić information content (AvgIpc) is 3.38. The third kappa shape index (κ3) is 5.04. The van der Waals surface area contributed by atoms with Crippen LogP contribution in [0.5, 0.6) is 0 Å². The molecule has 1 saturated heterocycles. The molecule has 40 heavy (non-hydrogen) atoms. The second kappa shape index (κ2) is 11.3. The zero-order valence-electron chi connectivity index (χ0n) is 21.4. The van der Waals surface area contributed by atoms with Crippen molar-refractivity contribution in [3.05, 3.63) is 46.6 Å². The number of nitrogens with zero attached hydrogens (tertiary/aromatic N) is 5. The molecule has 0 saturated carbocycles. The third-order valence-corrected chi connectivity index (χ3v) is 9.35. The van der Waals surface area contributed by atoms with Crippen molar-refractivity contribution in [1.29, 1.82) is 0 Å². The van der Waals surface area contributed by atoms with Gasteiger partial charge in [-0.1, -0.05) is 17.3 Å². The lowest BCUT2D eigenvalue weighted by molar-refractivity contribution is -0.687. The largest absolute Gasteiger partial charge is 0.477 e. The van der Waals surface area contributed by atoms with Crippen molar-refractivity contribution in [2.24, 2.45) is 12.2 Å². The minimum Gasteiger partial charge on any atom is -0.477 e.